The van der Waals surface area contributed by atoms with Crippen molar-refractivity contribution >= 4 is 0 Å². The van der Waals surface area contributed by atoms with Gasteiger partial charge in [0.1, 0.15) is 0 Å². The second kappa shape index (κ2) is 6.55. The van der Waals surface area contributed by atoms with Gasteiger partial charge in [-0.3, -0.25) is 4.90 Å². The highest BCUT2D eigenvalue weighted by atomic mass is 16.5. The van der Waals surface area contributed by atoms with Crippen molar-refractivity contribution in [3.63, 3.8) is 0 Å². The molecule has 0 aromatic rings. The van der Waals surface area contributed by atoms with Crippen molar-refractivity contribution in [1.82, 2.24) is 4.90 Å². The summed E-state index contributed by atoms with van der Waals surface area (Å²) in [4.78, 5) is 2.68. The van der Waals surface area contributed by atoms with Crippen LogP contribution in [0.5, 0.6) is 0 Å². The highest BCUT2D eigenvalue weighted by Crippen LogP contribution is 2.41. The van der Waals surface area contributed by atoms with Crippen molar-refractivity contribution in [3.05, 3.63) is 0 Å². The SMILES string of the molecule is CCOC1CCCN(C2(CN)CC(C)CCC2C)C1. The van der Waals surface area contributed by atoms with Crippen molar-refractivity contribution in [2.24, 2.45) is 17.6 Å². The van der Waals surface area contributed by atoms with Gasteiger partial charge in [-0.2, -0.15) is 0 Å². The summed E-state index contributed by atoms with van der Waals surface area (Å²) in [6.45, 7) is 10.8. The molecule has 4 atom stereocenters. The first kappa shape index (κ1) is 15.3. The predicted octanol–water partition coefficient (Wildman–Crippen LogP) is 2.64. The molecule has 0 amide bonds. The molecule has 2 rings (SSSR count). The van der Waals surface area contributed by atoms with Gasteiger partial charge in [0, 0.05) is 25.2 Å². The van der Waals surface area contributed by atoms with E-state index in [9.17, 15) is 0 Å². The van der Waals surface area contributed by atoms with Gasteiger partial charge in [-0.25, -0.2) is 0 Å². The number of rotatable bonds is 4. The Bertz CT molecular complexity index is 282. The molecule has 1 aliphatic carbocycles. The van der Waals surface area contributed by atoms with Crippen LogP contribution in [0.25, 0.3) is 0 Å². The fraction of sp³-hybridized carbons (Fsp3) is 1.00. The molecule has 1 saturated heterocycles. The van der Waals surface area contributed by atoms with Gasteiger partial charge in [0.05, 0.1) is 6.10 Å². The van der Waals surface area contributed by atoms with E-state index in [1.807, 2.05) is 0 Å². The fourth-order valence-corrected chi connectivity index (χ4v) is 4.28. The molecule has 1 heterocycles. The van der Waals surface area contributed by atoms with Gasteiger partial charge in [-0.1, -0.05) is 20.3 Å². The summed E-state index contributed by atoms with van der Waals surface area (Å²) in [5, 5.41) is 0. The zero-order valence-electron chi connectivity index (χ0n) is 13.0. The molecular formula is C16H32N2O. The summed E-state index contributed by atoms with van der Waals surface area (Å²) in [5.41, 5.74) is 6.49. The molecule has 0 spiro atoms. The van der Waals surface area contributed by atoms with Crippen LogP contribution in [0.3, 0.4) is 0 Å². The van der Waals surface area contributed by atoms with Crippen molar-refractivity contribution in [3.8, 4) is 0 Å². The number of nitrogens with two attached hydrogens (primary N) is 1. The molecule has 0 radical (unpaired) electrons. The molecular weight excluding hydrogens is 236 g/mol. The lowest BCUT2D eigenvalue weighted by molar-refractivity contribution is -0.0682. The minimum atomic E-state index is 0.230. The first-order chi connectivity index (χ1) is 9.12. The molecule has 4 unspecified atom stereocenters. The van der Waals surface area contributed by atoms with Gasteiger partial charge in [-0.05, 0) is 51.0 Å². The van der Waals surface area contributed by atoms with E-state index in [1.165, 1.54) is 38.6 Å². The second-order valence-corrected chi connectivity index (χ2v) is 6.76. The van der Waals surface area contributed by atoms with E-state index in [2.05, 4.69) is 25.7 Å². The zero-order valence-corrected chi connectivity index (χ0v) is 13.0. The van der Waals surface area contributed by atoms with Crippen LogP contribution in [-0.2, 0) is 4.74 Å². The van der Waals surface area contributed by atoms with E-state index >= 15 is 0 Å². The maximum Gasteiger partial charge on any atom is 0.0702 e. The van der Waals surface area contributed by atoms with Crippen LogP contribution in [0.1, 0.15) is 52.9 Å². The fourth-order valence-electron chi connectivity index (χ4n) is 4.28. The second-order valence-electron chi connectivity index (χ2n) is 6.76. The number of nitrogens with zero attached hydrogens (tertiary/aromatic N) is 1. The number of likely N-dealkylation sites (tertiary alicyclic amines) is 1. The molecule has 3 heteroatoms. The Kier molecular flexibility index (Phi) is 5.27. The Morgan fingerprint density at radius 2 is 2.05 bits per heavy atom. The van der Waals surface area contributed by atoms with Gasteiger partial charge >= 0.3 is 0 Å². The molecule has 1 aliphatic heterocycles. The van der Waals surface area contributed by atoms with Crippen molar-refractivity contribution < 1.29 is 4.74 Å². The van der Waals surface area contributed by atoms with Gasteiger partial charge in [0.25, 0.3) is 0 Å². The Hall–Kier alpha value is -0.120. The van der Waals surface area contributed by atoms with Gasteiger partial charge in [0.2, 0.25) is 0 Å². The van der Waals surface area contributed by atoms with Crippen molar-refractivity contribution in [2.75, 3.05) is 26.2 Å². The Morgan fingerprint density at radius 3 is 2.74 bits per heavy atom. The Balaban J connectivity index is 2.10. The first-order valence-electron chi connectivity index (χ1n) is 8.19. The monoisotopic (exact) mass is 268 g/mol. The van der Waals surface area contributed by atoms with Crippen LogP contribution in [0.4, 0.5) is 0 Å². The van der Waals surface area contributed by atoms with E-state index in [0.29, 0.717) is 12.0 Å². The quantitative estimate of drug-likeness (QED) is 0.852. The standard InChI is InChI=1S/C16H32N2O/c1-4-19-15-6-5-9-18(11-15)16(12-17)10-13(2)7-8-14(16)3/h13-15H,4-12,17H2,1-3H3. The third kappa shape index (κ3) is 3.14. The highest BCUT2D eigenvalue weighted by molar-refractivity contribution is 5.01. The first-order valence-corrected chi connectivity index (χ1v) is 8.19. The lowest BCUT2D eigenvalue weighted by Gasteiger charge is -2.54. The molecule has 1 saturated carbocycles. The van der Waals surface area contributed by atoms with Gasteiger partial charge in [-0.15, -0.1) is 0 Å². The van der Waals surface area contributed by atoms with Gasteiger partial charge in [0.15, 0.2) is 0 Å². The number of hydrogen-bond donors (Lipinski definition) is 1. The largest absolute Gasteiger partial charge is 0.377 e. The van der Waals surface area contributed by atoms with E-state index < -0.39 is 0 Å². The maximum absolute atomic E-state index is 6.26. The summed E-state index contributed by atoms with van der Waals surface area (Å²) in [6.07, 6.45) is 6.86. The number of piperidine rings is 1. The van der Waals surface area contributed by atoms with Crippen LogP contribution in [0.15, 0.2) is 0 Å². The molecule has 2 fully saturated rings. The maximum atomic E-state index is 6.26. The molecule has 19 heavy (non-hydrogen) atoms. The van der Waals surface area contributed by atoms with Crippen LogP contribution in [-0.4, -0.2) is 42.8 Å². The van der Waals surface area contributed by atoms with Crippen LogP contribution < -0.4 is 5.73 Å². The number of ether oxygens (including phenoxy) is 1. The predicted molar refractivity (Wildman–Crippen MR) is 80.2 cm³/mol. The molecule has 3 nitrogen and oxygen atoms in total. The van der Waals surface area contributed by atoms with E-state index in [1.54, 1.807) is 0 Å². The Labute approximate surface area is 118 Å². The molecule has 0 aromatic heterocycles. The van der Waals surface area contributed by atoms with Crippen molar-refractivity contribution in [1.29, 1.82) is 0 Å². The molecule has 2 aliphatic rings. The summed E-state index contributed by atoms with van der Waals surface area (Å²) in [6, 6.07) is 0. The van der Waals surface area contributed by atoms with Crippen molar-refractivity contribution in [2.45, 2.75) is 64.5 Å². The third-order valence-electron chi connectivity index (χ3n) is 5.48. The van der Waals surface area contributed by atoms with Crippen LogP contribution in [0, 0.1) is 11.8 Å². The Morgan fingerprint density at radius 1 is 1.26 bits per heavy atom. The molecule has 0 aromatic carbocycles. The smallest absolute Gasteiger partial charge is 0.0702 e. The average Bonchev–Trinajstić information content (AvgIpc) is 2.42. The lowest BCUT2D eigenvalue weighted by atomic mass is 9.68. The topological polar surface area (TPSA) is 38.5 Å². The van der Waals surface area contributed by atoms with E-state index in [4.69, 9.17) is 10.5 Å². The van der Waals surface area contributed by atoms with Crippen LogP contribution in [0.2, 0.25) is 0 Å². The van der Waals surface area contributed by atoms with Crippen LogP contribution >= 0.6 is 0 Å². The summed E-state index contributed by atoms with van der Waals surface area (Å²) in [7, 11) is 0. The molecule has 2 N–H and O–H groups in total. The summed E-state index contributed by atoms with van der Waals surface area (Å²) in [5.74, 6) is 1.53. The average molecular weight is 268 g/mol. The normalized spacial score (nSPS) is 41.4. The molecule has 112 valence electrons. The molecule has 0 bridgehead atoms. The minimum Gasteiger partial charge on any atom is -0.377 e. The zero-order chi connectivity index (χ0) is 13.9. The van der Waals surface area contributed by atoms with Gasteiger partial charge < -0.3 is 10.5 Å². The van der Waals surface area contributed by atoms with E-state index in [0.717, 1.165) is 25.6 Å². The lowest BCUT2D eigenvalue weighted by Crippen LogP contribution is -2.63. The number of hydrogen-bond acceptors (Lipinski definition) is 3. The highest BCUT2D eigenvalue weighted by Gasteiger charge is 2.45. The summed E-state index contributed by atoms with van der Waals surface area (Å²) < 4.78 is 5.87. The summed E-state index contributed by atoms with van der Waals surface area (Å²) >= 11 is 0. The minimum absolute atomic E-state index is 0.230. The van der Waals surface area contributed by atoms with E-state index in [-0.39, 0.29) is 5.54 Å². The third-order valence-corrected chi connectivity index (χ3v) is 5.48.